The highest BCUT2D eigenvalue weighted by atomic mass is 15.3. The Morgan fingerprint density at radius 2 is 2.43 bits per heavy atom. The fourth-order valence-corrected chi connectivity index (χ4v) is 1.46. The fraction of sp³-hybridized carbons (Fsp3) is 0.545. The van der Waals surface area contributed by atoms with E-state index < -0.39 is 0 Å². The van der Waals surface area contributed by atoms with Crippen LogP contribution in [-0.4, -0.2) is 16.3 Å². The van der Waals surface area contributed by atoms with Crippen molar-refractivity contribution in [2.75, 3.05) is 6.54 Å². The highest BCUT2D eigenvalue weighted by Gasteiger charge is 2.03. The molecule has 0 saturated carbocycles. The molecule has 0 aliphatic carbocycles. The van der Waals surface area contributed by atoms with E-state index in [0.29, 0.717) is 0 Å². The van der Waals surface area contributed by atoms with E-state index in [-0.39, 0.29) is 0 Å². The molecule has 0 fully saturated rings. The zero-order chi connectivity index (χ0) is 10.4. The van der Waals surface area contributed by atoms with Gasteiger partial charge in [0.25, 0.3) is 0 Å². The number of hydrogen-bond donors (Lipinski definition) is 1. The molecule has 0 atom stereocenters. The van der Waals surface area contributed by atoms with Crippen LogP contribution in [0.2, 0.25) is 0 Å². The van der Waals surface area contributed by atoms with Gasteiger partial charge in [0.15, 0.2) is 0 Å². The van der Waals surface area contributed by atoms with Gasteiger partial charge in [0, 0.05) is 25.4 Å². The first kappa shape index (κ1) is 11.0. The summed E-state index contributed by atoms with van der Waals surface area (Å²) >= 11 is 0. The Hall–Kier alpha value is -1.09. The van der Waals surface area contributed by atoms with Crippen molar-refractivity contribution >= 4 is 0 Å². The van der Waals surface area contributed by atoms with E-state index in [1.807, 2.05) is 17.8 Å². The van der Waals surface area contributed by atoms with Crippen LogP contribution in [0, 0.1) is 0 Å². The van der Waals surface area contributed by atoms with Crippen LogP contribution in [0.4, 0.5) is 0 Å². The van der Waals surface area contributed by atoms with Gasteiger partial charge >= 0.3 is 0 Å². The molecule has 0 amide bonds. The molecule has 0 unspecified atom stereocenters. The molecule has 3 heteroatoms. The summed E-state index contributed by atoms with van der Waals surface area (Å²) in [6.07, 6.45) is 6.03. The summed E-state index contributed by atoms with van der Waals surface area (Å²) in [5.41, 5.74) is 2.50. The van der Waals surface area contributed by atoms with Crippen LogP contribution in [0.3, 0.4) is 0 Å². The van der Waals surface area contributed by atoms with Crippen molar-refractivity contribution in [2.45, 2.75) is 26.3 Å². The van der Waals surface area contributed by atoms with Gasteiger partial charge in [-0.2, -0.15) is 5.10 Å². The average Bonchev–Trinajstić information content (AvgIpc) is 2.54. The Balaban J connectivity index is 2.44. The van der Waals surface area contributed by atoms with Gasteiger partial charge in [-0.1, -0.05) is 13.0 Å². The molecule has 3 nitrogen and oxygen atoms in total. The SMILES string of the molecule is C=CCCNCc1cn(C)nc1CC. The minimum atomic E-state index is 0.908. The van der Waals surface area contributed by atoms with Crippen LogP contribution in [0.25, 0.3) is 0 Å². The van der Waals surface area contributed by atoms with Crippen molar-refractivity contribution in [3.8, 4) is 0 Å². The largest absolute Gasteiger partial charge is 0.312 e. The Morgan fingerprint density at radius 1 is 1.64 bits per heavy atom. The molecule has 0 aliphatic rings. The second-order valence-corrected chi connectivity index (χ2v) is 3.38. The minimum Gasteiger partial charge on any atom is -0.312 e. The average molecular weight is 193 g/mol. The van der Waals surface area contributed by atoms with Crippen molar-refractivity contribution in [3.63, 3.8) is 0 Å². The smallest absolute Gasteiger partial charge is 0.0666 e. The van der Waals surface area contributed by atoms with Crippen LogP contribution in [0.15, 0.2) is 18.9 Å². The summed E-state index contributed by atoms with van der Waals surface area (Å²) in [4.78, 5) is 0. The molecule has 1 aromatic heterocycles. The molecule has 1 heterocycles. The Morgan fingerprint density at radius 3 is 3.07 bits per heavy atom. The molecule has 0 saturated heterocycles. The zero-order valence-corrected chi connectivity index (χ0v) is 9.08. The van der Waals surface area contributed by atoms with Gasteiger partial charge in [-0.15, -0.1) is 6.58 Å². The molecule has 78 valence electrons. The molecular formula is C11H19N3. The van der Waals surface area contributed by atoms with E-state index in [4.69, 9.17) is 0 Å². The lowest BCUT2D eigenvalue weighted by molar-refractivity contribution is 0.691. The standard InChI is InChI=1S/C11H19N3/c1-4-6-7-12-8-10-9-14(3)13-11(10)5-2/h4,9,12H,1,5-8H2,2-3H3. The lowest BCUT2D eigenvalue weighted by Gasteiger charge is -2.01. The fourth-order valence-electron chi connectivity index (χ4n) is 1.46. The molecule has 0 bridgehead atoms. The number of nitrogens with one attached hydrogen (secondary N) is 1. The van der Waals surface area contributed by atoms with Crippen LogP contribution < -0.4 is 5.32 Å². The summed E-state index contributed by atoms with van der Waals surface area (Å²) < 4.78 is 1.88. The first-order valence-corrected chi connectivity index (χ1v) is 5.11. The summed E-state index contributed by atoms with van der Waals surface area (Å²) in [7, 11) is 1.96. The number of hydrogen-bond acceptors (Lipinski definition) is 2. The summed E-state index contributed by atoms with van der Waals surface area (Å²) in [6, 6.07) is 0. The second-order valence-electron chi connectivity index (χ2n) is 3.38. The Bertz CT molecular complexity index is 289. The van der Waals surface area contributed by atoms with Gasteiger partial charge in [-0.25, -0.2) is 0 Å². The van der Waals surface area contributed by atoms with Gasteiger partial charge in [-0.05, 0) is 19.4 Å². The number of rotatable bonds is 6. The zero-order valence-electron chi connectivity index (χ0n) is 9.08. The molecule has 1 N–H and O–H groups in total. The third-order valence-electron chi connectivity index (χ3n) is 2.17. The monoisotopic (exact) mass is 193 g/mol. The van der Waals surface area contributed by atoms with Gasteiger partial charge in [0.2, 0.25) is 0 Å². The first-order chi connectivity index (χ1) is 6.77. The molecule has 0 aromatic carbocycles. The topological polar surface area (TPSA) is 29.9 Å². The quantitative estimate of drug-likeness (QED) is 0.550. The number of nitrogens with zero attached hydrogens (tertiary/aromatic N) is 2. The van der Waals surface area contributed by atoms with Crippen molar-refractivity contribution in [1.82, 2.24) is 15.1 Å². The van der Waals surface area contributed by atoms with Crippen LogP contribution >= 0.6 is 0 Å². The lowest BCUT2D eigenvalue weighted by atomic mass is 10.2. The third kappa shape index (κ3) is 3.00. The maximum atomic E-state index is 4.38. The normalized spacial score (nSPS) is 10.4. The van der Waals surface area contributed by atoms with Gasteiger partial charge < -0.3 is 5.32 Å². The highest BCUT2D eigenvalue weighted by molar-refractivity contribution is 5.16. The molecule has 1 rings (SSSR count). The molecule has 0 radical (unpaired) electrons. The molecule has 0 aliphatic heterocycles. The lowest BCUT2D eigenvalue weighted by Crippen LogP contribution is -2.14. The molecule has 0 spiro atoms. The predicted octanol–water partition coefficient (Wildman–Crippen LogP) is 1.65. The summed E-state index contributed by atoms with van der Waals surface area (Å²) in [5.74, 6) is 0. The number of aromatic nitrogens is 2. The van der Waals surface area contributed by atoms with E-state index in [9.17, 15) is 0 Å². The molecular weight excluding hydrogens is 174 g/mol. The molecule has 1 aromatic rings. The summed E-state index contributed by atoms with van der Waals surface area (Å²) in [6.45, 7) is 7.72. The highest BCUT2D eigenvalue weighted by Crippen LogP contribution is 2.06. The third-order valence-corrected chi connectivity index (χ3v) is 2.17. The van der Waals surface area contributed by atoms with Crippen molar-refractivity contribution < 1.29 is 0 Å². The van der Waals surface area contributed by atoms with E-state index in [1.165, 1.54) is 11.3 Å². The summed E-state index contributed by atoms with van der Waals surface area (Å²) in [5, 5.41) is 7.75. The van der Waals surface area contributed by atoms with Crippen LogP contribution in [-0.2, 0) is 20.0 Å². The molecule has 14 heavy (non-hydrogen) atoms. The Kier molecular flexibility index (Phi) is 4.40. The Labute approximate surface area is 85.8 Å². The van der Waals surface area contributed by atoms with E-state index in [0.717, 1.165) is 25.9 Å². The van der Waals surface area contributed by atoms with Crippen LogP contribution in [0.1, 0.15) is 24.6 Å². The van der Waals surface area contributed by atoms with E-state index in [2.05, 4.69) is 30.1 Å². The van der Waals surface area contributed by atoms with Crippen molar-refractivity contribution in [3.05, 3.63) is 30.1 Å². The van der Waals surface area contributed by atoms with Crippen molar-refractivity contribution in [2.24, 2.45) is 7.05 Å². The van der Waals surface area contributed by atoms with Crippen LogP contribution in [0.5, 0.6) is 0 Å². The maximum Gasteiger partial charge on any atom is 0.0666 e. The van der Waals surface area contributed by atoms with Gasteiger partial charge in [-0.3, -0.25) is 4.68 Å². The minimum absolute atomic E-state index is 0.908. The van der Waals surface area contributed by atoms with E-state index >= 15 is 0 Å². The first-order valence-electron chi connectivity index (χ1n) is 5.11. The van der Waals surface area contributed by atoms with Gasteiger partial charge in [0.05, 0.1) is 5.69 Å². The van der Waals surface area contributed by atoms with Crippen molar-refractivity contribution in [1.29, 1.82) is 0 Å². The maximum absolute atomic E-state index is 4.38. The number of aryl methyl sites for hydroxylation is 2. The van der Waals surface area contributed by atoms with E-state index in [1.54, 1.807) is 0 Å². The predicted molar refractivity (Wildman–Crippen MR) is 59.1 cm³/mol. The second kappa shape index (κ2) is 5.60. The van der Waals surface area contributed by atoms with Gasteiger partial charge in [0.1, 0.15) is 0 Å².